The molecule has 25 heavy (non-hydrogen) atoms. The largest absolute Gasteiger partial charge is 0.368 e. The molecule has 0 spiro atoms. The summed E-state index contributed by atoms with van der Waals surface area (Å²) < 4.78 is 2.08. The van der Waals surface area contributed by atoms with Crippen molar-refractivity contribution in [3.63, 3.8) is 0 Å². The maximum absolute atomic E-state index is 6.05. The molecule has 3 aromatic rings. The molecule has 130 valence electrons. The number of hydrogen-bond acceptors (Lipinski definition) is 4. The lowest BCUT2D eigenvalue weighted by Gasteiger charge is -2.10. The van der Waals surface area contributed by atoms with Gasteiger partial charge in [0, 0.05) is 18.1 Å². The number of nitrogens with one attached hydrogen (secondary N) is 1. The van der Waals surface area contributed by atoms with Gasteiger partial charge in [0.25, 0.3) is 0 Å². The third-order valence-corrected chi connectivity index (χ3v) is 4.96. The number of imidazole rings is 1. The van der Waals surface area contributed by atoms with Crippen LogP contribution in [0.3, 0.4) is 0 Å². The van der Waals surface area contributed by atoms with Crippen molar-refractivity contribution in [2.75, 3.05) is 11.9 Å². The highest BCUT2D eigenvalue weighted by atomic mass is 35.5. The quantitative estimate of drug-likeness (QED) is 0.613. The molecule has 0 unspecified atom stereocenters. The van der Waals surface area contributed by atoms with Gasteiger partial charge in [-0.2, -0.15) is 9.97 Å². The lowest BCUT2D eigenvalue weighted by Crippen LogP contribution is -2.08. The first-order chi connectivity index (χ1) is 12.2. The highest BCUT2D eigenvalue weighted by Crippen LogP contribution is 2.32. The fourth-order valence-corrected chi connectivity index (χ4v) is 3.24. The Bertz CT molecular complexity index is 871. The van der Waals surface area contributed by atoms with Crippen LogP contribution in [0, 0.1) is 5.92 Å². The summed E-state index contributed by atoms with van der Waals surface area (Å²) in [6, 6.07) is 7.92. The summed E-state index contributed by atoms with van der Waals surface area (Å²) in [7, 11) is 0. The van der Waals surface area contributed by atoms with Crippen LogP contribution in [0.1, 0.15) is 24.8 Å². The standard InChI is InChI=1S/C18H19Cl2N5/c19-14-5-3-13(4-6-14)8-10-25-11-22-17-15(25)16(23-18(20)24-17)21-9-7-12-1-2-12/h3-6,11-12H,1-2,7-10H2,(H,21,23,24). The molecule has 1 N–H and O–H groups in total. The summed E-state index contributed by atoms with van der Waals surface area (Å²) in [5, 5.41) is 4.40. The number of rotatable bonds is 7. The van der Waals surface area contributed by atoms with E-state index in [0.717, 1.165) is 41.8 Å². The van der Waals surface area contributed by atoms with Crippen LogP contribution in [0.2, 0.25) is 10.3 Å². The molecule has 0 saturated heterocycles. The average molecular weight is 376 g/mol. The zero-order valence-electron chi connectivity index (χ0n) is 13.8. The van der Waals surface area contributed by atoms with Crippen molar-refractivity contribution >= 4 is 40.2 Å². The number of benzene rings is 1. The highest BCUT2D eigenvalue weighted by Gasteiger charge is 2.21. The molecule has 2 aromatic heterocycles. The van der Waals surface area contributed by atoms with Gasteiger partial charge in [0.05, 0.1) is 6.33 Å². The molecule has 0 atom stereocenters. The second-order valence-electron chi connectivity index (χ2n) is 6.49. The first-order valence-corrected chi connectivity index (χ1v) is 9.31. The van der Waals surface area contributed by atoms with Gasteiger partial charge in [-0.05, 0) is 48.1 Å². The fourth-order valence-electron chi connectivity index (χ4n) is 2.95. The molecule has 7 heteroatoms. The summed E-state index contributed by atoms with van der Waals surface area (Å²) in [6.45, 7) is 1.69. The molecule has 1 aliphatic carbocycles. The summed E-state index contributed by atoms with van der Waals surface area (Å²) in [6.07, 6.45) is 6.55. The van der Waals surface area contributed by atoms with E-state index in [-0.39, 0.29) is 5.28 Å². The Kier molecular flexibility index (Phi) is 4.77. The Labute approximate surface area is 156 Å². The third kappa shape index (κ3) is 4.05. The average Bonchev–Trinajstić information content (AvgIpc) is 3.33. The molecule has 4 rings (SSSR count). The SMILES string of the molecule is Clc1ccc(CCn2cnc3nc(Cl)nc(NCCC4CC4)c32)cc1. The summed E-state index contributed by atoms with van der Waals surface area (Å²) in [5.74, 6) is 1.64. The van der Waals surface area contributed by atoms with Crippen LogP contribution in [0.4, 0.5) is 5.82 Å². The zero-order valence-corrected chi connectivity index (χ0v) is 15.3. The van der Waals surface area contributed by atoms with Crippen molar-refractivity contribution in [2.24, 2.45) is 5.92 Å². The first-order valence-electron chi connectivity index (χ1n) is 8.56. The number of aromatic nitrogens is 4. The van der Waals surface area contributed by atoms with Gasteiger partial charge < -0.3 is 9.88 Å². The Morgan fingerprint density at radius 1 is 1.12 bits per heavy atom. The maximum atomic E-state index is 6.05. The Morgan fingerprint density at radius 3 is 2.68 bits per heavy atom. The van der Waals surface area contributed by atoms with E-state index in [1.54, 1.807) is 6.33 Å². The summed E-state index contributed by atoms with van der Waals surface area (Å²) in [4.78, 5) is 13.0. The number of fused-ring (bicyclic) bond motifs is 1. The van der Waals surface area contributed by atoms with Crippen LogP contribution in [-0.4, -0.2) is 26.1 Å². The van der Waals surface area contributed by atoms with Crippen LogP contribution in [0.5, 0.6) is 0 Å². The second kappa shape index (κ2) is 7.18. The Morgan fingerprint density at radius 2 is 1.92 bits per heavy atom. The maximum Gasteiger partial charge on any atom is 0.226 e. The molecule has 1 aromatic carbocycles. The van der Waals surface area contributed by atoms with Gasteiger partial charge in [0.1, 0.15) is 5.52 Å². The second-order valence-corrected chi connectivity index (χ2v) is 7.26. The van der Waals surface area contributed by atoms with Gasteiger partial charge in [-0.1, -0.05) is 36.6 Å². The molecule has 1 saturated carbocycles. The smallest absolute Gasteiger partial charge is 0.226 e. The number of anilines is 1. The van der Waals surface area contributed by atoms with Gasteiger partial charge >= 0.3 is 0 Å². The van der Waals surface area contributed by atoms with E-state index in [4.69, 9.17) is 23.2 Å². The lowest BCUT2D eigenvalue weighted by atomic mass is 10.1. The topological polar surface area (TPSA) is 55.6 Å². The molecular formula is C18H19Cl2N5. The predicted molar refractivity (Wildman–Crippen MR) is 101 cm³/mol. The monoisotopic (exact) mass is 375 g/mol. The Hall–Kier alpha value is -1.85. The van der Waals surface area contributed by atoms with Crippen LogP contribution in [0.25, 0.3) is 11.2 Å². The van der Waals surface area contributed by atoms with Crippen molar-refractivity contribution in [1.29, 1.82) is 0 Å². The molecule has 0 radical (unpaired) electrons. The predicted octanol–water partition coefficient (Wildman–Crippen LogP) is 4.59. The molecule has 0 aliphatic heterocycles. The van der Waals surface area contributed by atoms with E-state index in [0.29, 0.717) is 5.65 Å². The van der Waals surface area contributed by atoms with Crippen molar-refractivity contribution in [3.05, 3.63) is 46.5 Å². The molecular weight excluding hydrogens is 357 g/mol. The zero-order chi connectivity index (χ0) is 17.2. The van der Waals surface area contributed by atoms with Crippen LogP contribution in [0.15, 0.2) is 30.6 Å². The van der Waals surface area contributed by atoms with Gasteiger partial charge in [-0.3, -0.25) is 0 Å². The number of hydrogen-bond donors (Lipinski definition) is 1. The number of aryl methyl sites for hydroxylation is 2. The van der Waals surface area contributed by atoms with E-state index >= 15 is 0 Å². The van der Waals surface area contributed by atoms with Crippen LogP contribution >= 0.6 is 23.2 Å². The minimum absolute atomic E-state index is 0.226. The number of halogens is 2. The van der Waals surface area contributed by atoms with E-state index < -0.39 is 0 Å². The molecule has 2 heterocycles. The van der Waals surface area contributed by atoms with Gasteiger partial charge in [-0.15, -0.1) is 0 Å². The third-order valence-electron chi connectivity index (χ3n) is 4.54. The fraction of sp³-hybridized carbons (Fsp3) is 0.389. The molecule has 1 aliphatic rings. The first kappa shape index (κ1) is 16.6. The lowest BCUT2D eigenvalue weighted by molar-refractivity contribution is 0.714. The van der Waals surface area contributed by atoms with Crippen molar-refractivity contribution < 1.29 is 0 Å². The van der Waals surface area contributed by atoms with Gasteiger partial charge in [-0.25, -0.2) is 4.98 Å². The van der Waals surface area contributed by atoms with Gasteiger partial charge in [0.15, 0.2) is 11.5 Å². The van der Waals surface area contributed by atoms with Crippen LogP contribution in [-0.2, 0) is 13.0 Å². The minimum atomic E-state index is 0.226. The van der Waals surface area contributed by atoms with Gasteiger partial charge in [0.2, 0.25) is 5.28 Å². The summed E-state index contributed by atoms with van der Waals surface area (Å²) in [5.41, 5.74) is 2.77. The molecule has 1 fully saturated rings. The van der Waals surface area contributed by atoms with Crippen molar-refractivity contribution in [2.45, 2.75) is 32.2 Å². The molecule has 5 nitrogen and oxygen atoms in total. The Balaban J connectivity index is 1.54. The normalized spacial score (nSPS) is 14.2. The van der Waals surface area contributed by atoms with E-state index in [9.17, 15) is 0 Å². The van der Waals surface area contributed by atoms with E-state index in [1.165, 1.54) is 24.8 Å². The number of nitrogens with zero attached hydrogens (tertiary/aromatic N) is 4. The molecule has 0 bridgehead atoms. The molecule has 0 amide bonds. The van der Waals surface area contributed by atoms with Crippen molar-refractivity contribution in [1.82, 2.24) is 19.5 Å². The van der Waals surface area contributed by atoms with E-state index in [1.807, 2.05) is 24.3 Å². The minimum Gasteiger partial charge on any atom is -0.368 e. The summed E-state index contributed by atoms with van der Waals surface area (Å²) >= 11 is 12.0. The van der Waals surface area contributed by atoms with Crippen LogP contribution < -0.4 is 5.32 Å². The highest BCUT2D eigenvalue weighted by molar-refractivity contribution is 6.30. The van der Waals surface area contributed by atoms with Crippen molar-refractivity contribution in [3.8, 4) is 0 Å². The van der Waals surface area contributed by atoms with E-state index in [2.05, 4.69) is 24.8 Å².